The largest absolute Gasteiger partial charge is 0.381 e. The highest BCUT2D eigenvalue weighted by atomic mass is 32.1. The van der Waals surface area contributed by atoms with Crippen LogP contribution in [0.4, 0.5) is 0 Å². The summed E-state index contributed by atoms with van der Waals surface area (Å²) in [5, 5.41) is 8.10. The third-order valence-corrected chi connectivity index (χ3v) is 5.43. The first-order valence-electron chi connectivity index (χ1n) is 8.56. The van der Waals surface area contributed by atoms with Crippen molar-refractivity contribution < 1.29 is 4.74 Å². The third kappa shape index (κ3) is 3.65. The Hall–Kier alpha value is -1.24. The van der Waals surface area contributed by atoms with Crippen molar-refractivity contribution in [3.05, 3.63) is 34.0 Å². The van der Waals surface area contributed by atoms with Gasteiger partial charge in [0.1, 0.15) is 5.01 Å². The zero-order valence-electron chi connectivity index (χ0n) is 13.6. The van der Waals surface area contributed by atoms with E-state index in [1.54, 1.807) is 11.3 Å². The number of hydrogen-bond acceptors (Lipinski definition) is 5. The summed E-state index contributed by atoms with van der Waals surface area (Å²) in [5.41, 5.74) is 2.63. The molecule has 0 saturated heterocycles. The van der Waals surface area contributed by atoms with Crippen LogP contribution in [0.5, 0.6) is 0 Å². The first-order chi connectivity index (χ1) is 11.3. The van der Waals surface area contributed by atoms with E-state index in [0.29, 0.717) is 5.92 Å². The van der Waals surface area contributed by atoms with Crippen LogP contribution >= 0.6 is 11.3 Å². The fourth-order valence-electron chi connectivity index (χ4n) is 3.33. The van der Waals surface area contributed by atoms with E-state index in [0.717, 1.165) is 45.3 Å². The van der Waals surface area contributed by atoms with Crippen molar-refractivity contribution in [2.75, 3.05) is 19.8 Å². The molecule has 0 aromatic carbocycles. The van der Waals surface area contributed by atoms with Crippen molar-refractivity contribution in [3.8, 4) is 0 Å². The fraction of sp³-hybridized carbons (Fsp3) is 0.647. The SMILES string of the molecule is CCOCC1CN(Cc2nccs2)Cc2nn(CC3CC3)cc21. The van der Waals surface area contributed by atoms with Gasteiger partial charge in [-0.1, -0.05) is 0 Å². The molecule has 2 aromatic heterocycles. The number of thiazole rings is 1. The Kier molecular flexibility index (Phi) is 4.46. The van der Waals surface area contributed by atoms with Gasteiger partial charge in [-0.25, -0.2) is 4.98 Å². The van der Waals surface area contributed by atoms with Crippen LogP contribution in [0, 0.1) is 5.92 Å². The number of hydrogen-bond donors (Lipinski definition) is 0. The summed E-state index contributed by atoms with van der Waals surface area (Å²) < 4.78 is 7.91. The minimum Gasteiger partial charge on any atom is -0.381 e. The van der Waals surface area contributed by atoms with Crippen LogP contribution in [0.25, 0.3) is 0 Å². The second-order valence-electron chi connectivity index (χ2n) is 6.65. The minimum absolute atomic E-state index is 0.423. The average Bonchev–Trinajstić information content (AvgIpc) is 3.04. The van der Waals surface area contributed by atoms with Crippen molar-refractivity contribution in [1.82, 2.24) is 19.7 Å². The van der Waals surface area contributed by atoms with Crippen molar-refractivity contribution in [1.29, 1.82) is 0 Å². The Morgan fingerprint density at radius 3 is 3.04 bits per heavy atom. The Balaban J connectivity index is 1.51. The Morgan fingerprint density at radius 2 is 2.30 bits per heavy atom. The maximum atomic E-state index is 5.74. The summed E-state index contributed by atoms with van der Waals surface area (Å²) in [6, 6.07) is 0. The van der Waals surface area contributed by atoms with Crippen molar-refractivity contribution in [2.45, 2.75) is 45.3 Å². The maximum absolute atomic E-state index is 5.74. The lowest BCUT2D eigenvalue weighted by atomic mass is 9.96. The fourth-order valence-corrected chi connectivity index (χ4v) is 3.99. The summed E-state index contributed by atoms with van der Waals surface area (Å²) >= 11 is 1.73. The highest BCUT2D eigenvalue weighted by Gasteiger charge is 2.30. The zero-order chi connectivity index (χ0) is 15.6. The van der Waals surface area contributed by atoms with E-state index in [1.807, 2.05) is 11.6 Å². The summed E-state index contributed by atoms with van der Waals surface area (Å²) in [5.74, 6) is 1.28. The number of rotatable bonds is 7. The molecule has 5 nitrogen and oxygen atoms in total. The number of aromatic nitrogens is 3. The lowest BCUT2D eigenvalue weighted by molar-refractivity contribution is 0.105. The van der Waals surface area contributed by atoms with Gasteiger partial charge in [0, 0.05) is 55.5 Å². The summed E-state index contributed by atoms with van der Waals surface area (Å²) in [4.78, 5) is 6.88. The number of fused-ring (bicyclic) bond motifs is 1. The molecule has 2 aliphatic rings. The van der Waals surface area contributed by atoms with Gasteiger partial charge in [-0.2, -0.15) is 5.10 Å². The smallest absolute Gasteiger partial charge is 0.107 e. The van der Waals surface area contributed by atoms with Gasteiger partial charge in [-0.05, 0) is 25.7 Å². The molecule has 23 heavy (non-hydrogen) atoms. The van der Waals surface area contributed by atoms with E-state index in [4.69, 9.17) is 9.84 Å². The van der Waals surface area contributed by atoms with Crippen LogP contribution < -0.4 is 0 Å². The third-order valence-electron chi connectivity index (χ3n) is 4.67. The number of nitrogens with zero attached hydrogens (tertiary/aromatic N) is 4. The molecule has 1 aliphatic carbocycles. The molecule has 1 atom stereocenters. The van der Waals surface area contributed by atoms with E-state index >= 15 is 0 Å². The molecule has 3 heterocycles. The molecule has 0 N–H and O–H groups in total. The van der Waals surface area contributed by atoms with Crippen LogP contribution in [0.2, 0.25) is 0 Å². The van der Waals surface area contributed by atoms with Crippen LogP contribution in [-0.4, -0.2) is 39.4 Å². The summed E-state index contributed by atoms with van der Waals surface area (Å²) in [6.45, 7) is 7.57. The standard InChI is InChI=1S/C17H24N4OS/c1-2-22-12-14-8-20(11-17-18-5-6-23-17)10-16-15(14)9-21(19-16)7-13-3-4-13/h5-6,9,13-14H,2-4,7-8,10-12H2,1H3. The second-order valence-corrected chi connectivity index (χ2v) is 7.63. The normalized spacial score (nSPS) is 21.5. The number of ether oxygens (including phenoxy) is 1. The van der Waals surface area contributed by atoms with Gasteiger partial charge in [-0.3, -0.25) is 9.58 Å². The predicted molar refractivity (Wildman–Crippen MR) is 90.4 cm³/mol. The maximum Gasteiger partial charge on any atom is 0.107 e. The minimum atomic E-state index is 0.423. The average molecular weight is 332 g/mol. The monoisotopic (exact) mass is 332 g/mol. The molecule has 124 valence electrons. The van der Waals surface area contributed by atoms with Gasteiger partial charge >= 0.3 is 0 Å². The molecule has 4 rings (SSSR count). The molecule has 0 radical (unpaired) electrons. The van der Waals surface area contributed by atoms with Crippen molar-refractivity contribution >= 4 is 11.3 Å². The molecule has 1 unspecified atom stereocenters. The molecule has 1 aliphatic heterocycles. The van der Waals surface area contributed by atoms with E-state index in [9.17, 15) is 0 Å². The molecule has 0 bridgehead atoms. The van der Waals surface area contributed by atoms with Crippen LogP contribution in [0.3, 0.4) is 0 Å². The quantitative estimate of drug-likeness (QED) is 0.782. The summed E-state index contributed by atoms with van der Waals surface area (Å²) in [7, 11) is 0. The molecular formula is C17H24N4OS. The van der Waals surface area contributed by atoms with Gasteiger partial charge in [0.15, 0.2) is 0 Å². The second kappa shape index (κ2) is 6.71. The molecule has 0 amide bonds. The Labute approximate surface area is 141 Å². The Morgan fingerprint density at radius 1 is 1.39 bits per heavy atom. The predicted octanol–water partition coefficient (Wildman–Crippen LogP) is 2.89. The first-order valence-corrected chi connectivity index (χ1v) is 9.44. The molecule has 1 saturated carbocycles. The van der Waals surface area contributed by atoms with Gasteiger partial charge in [0.05, 0.1) is 18.8 Å². The van der Waals surface area contributed by atoms with Crippen LogP contribution in [-0.2, 0) is 24.4 Å². The molecule has 0 spiro atoms. The zero-order valence-corrected chi connectivity index (χ0v) is 14.5. The van der Waals surface area contributed by atoms with E-state index in [2.05, 4.69) is 27.7 Å². The van der Waals surface area contributed by atoms with Crippen molar-refractivity contribution in [3.63, 3.8) is 0 Å². The van der Waals surface area contributed by atoms with Gasteiger partial charge in [0.25, 0.3) is 0 Å². The van der Waals surface area contributed by atoms with Gasteiger partial charge in [-0.15, -0.1) is 11.3 Å². The lowest BCUT2D eigenvalue weighted by Crippen LogP contribution is -2.34. The van der Waals surface area contributed by atoms with E-state index < -0.39 is 0 Å². The molecule has 2 aromatic rings. The van der Waals surface area contributed by atoms with Gasteiger partial charge in [0.2, 0.25) is 0 Å². The molecular weight excluding hydrogens is 308 g/mol. The van der Waals surface area contributed by atoms with E-state index in [-0.39, 0.29) is 0 Å². The van der Waals surface area contributed by atoms with Crippen molar-refractivity contribution in [2.24, 2.45) is 5.92 Å². The highest BCUT2D eigenvalue weighted by molar-refractivity contribution is 7.09. The highest BCUT2D eigenvalue weighted by Crippen LogP contribution is 2.33. The first kappa shape index (κ1) is 15.3. The summed E-state index contributed by atoms with van der Waals surface area (Å²) in [6.07, 6.45) is 6.89. The Bertz CT molecular complexity index is 635. The molecule has 6 heteroatoms. The molecule has 1 fully saturated rings. The van der Waals surface area contributed by atoms with Gasteiger partial charge < -0.3 is 4.74 Å². The van der Waals surface area contributed by atoms with Crippen LogP contribution in [0.15, 0.2) is 17.8 Å². The van der Waals surface area contributed by atoms with Crippen LogP contribution in [0.1, 0.15) is 41.9 Å². The lowest BCUT2D eigenvalue weighted by Gasteiger charge is -2.31. The topological polar surface area (TPSA) is 43.2 Å². The van der Waals surface area contributed by atoms with E-state index in [1.165, 1.54) is 29.1 Å².